The minimum absolute atomic E-state index is 0.987. The molecule has 4 heteroatoms. The van der Waals surface area contributed by atoms with E-state index in [0.717, 1.165) is 77.7 Å². The Morgan fingerprint density at radius 3 is 1.05 bits per heavy atom. The number of hydrogen-bond donors (Lipinski definition) is 0. The van der Waals surface area contributed by atoms with Crippen LogP contribution >= 0.6 is 0 Å². The largest absolute Gasteiger partial charge is 0.309 e. The second-order valence-electron chi connectivity index (χ2n) is 15.3. The van der Waals surface area contributed by atoms with E-state index in [2.05, 4.69) is 179 Å². The molecule has 0 saturated heterocycles. The van der Waals surface area contributed by atoms with Crippen molar-refractivity contribution in [3.05, 3.63) is 194 Å². The Hall–Kier alpha value is -7.82. The maximum atomic E-state index is 5.13. The quantitative estimate of drug-likeness (QED) is 0.177. The smallest absolute Gasteiger partial charge is 0.0786 e. The second kappa shape index (κ2) is 11.8. The summed E-state index contributed by atoms with van der Waals surface area (Å²) in [7, 11) is 0. The average Bonchev–Trinajstić information content (AvgIpc) is 3.81. The van der Waals surface area contributed by atoms with Crippen LogP contribution in [-0.4, -0.2) is 19.1 Å². The number of rotatable bonds is 2. The average molecular weight is 737 g/mol. The molecule has 58 heavy (non-hydrogen) atoms. The number of nitrogens with zero attached hydrogens (tertiary/aromatic N) is 4. The van der Waals surface area contributed by atoms with E-state index in [0.29, 0.717) is 0 Å². The van der Waals surface area contributed by atoms with Gasteiger partial charge in [-0.2, -0.15) is 0 Å². The number of aromatic nitrogens is 4. The van der Waals surface area contributed by atoms with Gasteiger partial charge >= 0.3 is 0 Å². The van der Waals surface area contributed by atoms with E-state index in [1.54, 1.807) is 0 Å². The normalized spacial score (nSPS) is 12.1. The van der Waals surface area contributed by atoms with Crippen molar-refractivity contribution in [2.75, 3.05) is 0 Å². The lowest BCUT2D eigenvalue weighted by atomic mass is 9.79. The summed E-state index contributed by atoms with van der Waals surface area (Å²) in [5, 5.41) is 7.20. The molecule has 4 nitrogen and oxygen atoms in total. The maximum absolute atomic E-state index is 5.13. The van der Waals surface area contributed by atoms with Crippen LogP contribution < -0.4 is 0 Å². The Bertz CT molecular complexity index is 3350. The van der Waals surface area contributed by atoms with Crippen molar-refractivity contribution >= 4 is 65.4 Å². The topological polar surface area (TPSA) is 35.6 Å². The first-order valence-electron chi connectivity index (χ1n) is 19.8. The zero-order valence-corrected chi connectivity index (χ0v) is 31.3. The highest BCUT2D eigenvalue weighted by molar-refractivity contribution is 6.16. The molecule has 1 aliphatic carbocycles. The van der Waals surface area contributed by atoms with Gasteiger partial charge in [0.2, 0.25) is 0 Å². The fourth-order valence-corrected chi connectivity index (χ4v) is 9.91. The highest BCUT2D eigenvalue weighted by Crippen LogP contribution is 2.52. The van der Waals surface area contributed by atoms with E-state index in [1.165, 1.54) is 43.6 Å². The van der Waals surface area contributed by atoms with E-state index in [4.69, 9.17) is 9.97 Å². The van der Waals surface area contributed by atoms with Gasteiger partial charge in [0.1, 0.15) is 0 Å². The number of pyridine rings is 2. The molecule has 0 N–H and O–H groups in total. The molecule has 0 aliphatic heterocycles. The third kappa shape index (κ3) is 4.29. The van der Waals surface area contributed by atoms with E-state index in [9.17, 15) is 0 Å². The zero-order valence-electron chi connectivity index (χ0n) is 31.3. The lowest BCUT2D eigenvalue weighted by molar-refractivity contribution is 1.18. The van der Waals surface area contributed by atoms with Gasteiger partial charge in [0.25, 0.3) is 0 Å². The van der Waals surface area contributed by atoms with Crippen molar-refractivity contribution < 1.29 is 0 Å². The predicted molar refractivity (Wildman–Crippen MR) is 241 cm³/mol. The number of benzene rings is 8. The molecule has 0 atom stereocenters. The van der Waals surface area contributed by atoms with Crippen molar-refractivity contribution in [2.45, 2.75) is 0 Å². The summed E-state index contributed by atoms with van der Waals surface area (Å²) in [6, 6.07) is 66.4. The summed E-state index contributed by atoms with van der Waals surface area (Å²) < 4.78 is 4.83. The van der Waals surface area contributed by atoms with Gasteiger partial charge in [-0.3, -0.25) is 9.97 Å². The minimum Gasteiger partial charge on any atom is -0.309 e. The van der Waals surface area contributed by atoms with Gasteiger partial charge in [0, 0.05) is 67.2 Å². The van der Waals surface area contributed by atoms with Crippen LogP contribution in [-0.2, 0) is 0 Å². The molecule has 4 aromatic heterocycles. The minimum atomic E-state index is 0.987. The van der Waals surface area contributed by atoms with Crippen molar-refractivity contribution in [3.8, 4) is 55.9 Å². The standard InChI is InChI=1S/C54H32N4/c1-5-17-47-37(13-1)38-14-2-6-18-48(38)57(47)35-23-27-43-45(31-35)41-25-21-33-11-9-29-55-53(33)51(41)44-28-24-36(32-46(44)42-26-22-34-12-10-30-56-54(34)52(42)43)58-49-19-7-3-15-39(49)40-16-4-8-20-50(40)58/h1-32H. The highest BCUT2D eigenvalue weighted by atomic mass is 15.0. The summed E-state index contributed by atoms with van der Waals surface area (Å²) in [5.41, 5.74) is 18.1. The summed E-state index contributed by atoms with van der Waals surface area (Å²) in [4.78, 5) is 10.3. The van der Waals surface area contributed by atoms with Crippen molar-refractivity contribution in [2.24, 2.45) is 0 Å². The van der Waals surface area contributed by atoms with Gasteiger partial charge in [-0.1, -0.05) is 121 Å². The summed E-state index contributed by atoms with van der Waals surface area (Å²) >= 11 is 0. The first kappa shape index (κ1) is 31.4. The van der Waals surface area contributed by atoms with Crippen LogP contribution in [0.5, 0.6) is 0 Å². The Labute approximate surface area is 333 Å². The van der Waals surface area contributed by atoms with Crippen LogP contribution in [0.25, 0.3) is 121 Å². The van der Waals surface area contributed by atoms with Crippen molar-refractivity contribution in [1.82, 2.24) is 19.1 Å². The van der Waals surface area contributed by atoms with Crippen LogP contribution in [0, 0.1) is 0 Å². The third-order valence-corrected chi connectivity index (χ3v) is 12.4. The van der Waals surface area contributed by atoms with Crippen molar-refractivity contribution in [3.63, 3.8) is 0 Å². The van der Waals surface area contributed by atoms with Crippen LogP contribution in [0.3, 0.4) is 0 Å². The van der Waals surface area contributed by atoms with Gasteiger partial charge in [-0.15, -0.1) is 0 Å². The molecule has 13 rings (SSSR count). The van der Waals surface area contributed by atoms with Crippen molar-refractivity contribution in [1.29, 1.82) is 0 Å². The van der Waals surface area contributed by atoms with Gasteiger partial charge in [0.15, 0.2) is 0 Å². The summed E-state index contributed by atoms with van der Waals surface area (Å²) in [6.07, 6.45) is 3.85. The van der Waals surface area contributed by atoms with Crippen LogP contribution in [0.1, 0.15) is 0 Å². The Morgan fingerprint density at radius 1 is 0.293 bits per heavy atom. The SMILES string of the molecule is c1cnc2c3c(ccc2c1)-c1cc(-n2c4ccccc4c4ccccc42)ccc1-c1c(ccc2cccnc12)-c1cc(-n2c4ccccc4c4ccccc42)ccc1-3. The molecule has 268 valence electrons. The maximum Gasteiger partial charge on any atom is 0.0786 e. The van der Waals surface area contributed by atoms with E-state index < -0.39 is 0 Å². The monoisotopic (exact) mass is 736 g/mol. The molecule has 0 unspecified atom stereocenters. The first-order valence-corrected chi connectivity index (χ1v) is 19.8. The molecule has 12 aromatic rings. The Balaban J connectivity index is 1.17. The van der Waals surface area contributed by atoms with Crippen LogP contribution in [0.4, 0.5) is 0 Å². The molecule has 0 spiro atoms. The number of fused-ring (bicyclic) bond motifs is 18. The fourth-order valence-electron chi connectivity index (χ4n) is 9.91. The molecule has 0 fully saturated rings. The van der Waals surface area contributed by atoms with E-state index in [1.807, 2.05) is 24.5 Å². The molecule has 0 saturated carbocycles. The molecule has 0 amide bonds. The molecule has 0 bridgehead atoms. The second-order valence-corrected chi connectivity index (χ2v) is 15.3. The highest BCUT2D eigenvalue weighted by Gasteiger charge is 2.28. The molecule has 1 aliphatic rings. The van der Waals surface area contributed by atoms with Gasteiger partial charge in [-0.05, 0) is 94.0 Å². The number of para-hydroxylation sites is 4. The predicted octanol–water partition coefficient (Wildman–Crippen LogP) is 14.0. The molecular formula is C54H32N4. The summed E-state index contributed by atoms with van der Waals surface area (Å²) in [6.45, 7) is 0. The van der Waals surface area contributed by atoms with Crippen LogP contribution in [0.2, 0.25) is 0 Å². The molecule has 0 radical (unpaired) electrons. The Morgan fingerprint density at radius 2 is 0.655 bits per heavy atom. The molecule has 4 heterocycles. The van der Waals surface area contributed by atoms with Gasteiger partial charge in [0.05, 0.1) is 33.1 Å². The number of hydrogen-bond acceptors (Lipinski definition) is 2. The molecular weight excluding hydrogens is 705 g/mol. The van der Waals surface area contributed by atoms with Crippen LogP contribution in [0.15, 0.2) is 194 Å². The fraction of sp³-hybridized carbons (Fsp3) is 0. The molecule has 8 aromatic carbocycles. The zero-order chi connectivity index (χ0) is 37.9. The Kier molecular flexibility index (Phi) is 6.41. The van der Waals surface area contributed by atoms with Gasteiger partial charge < -0.3 is 9.13 Å². The third-order valence-electron chi connectivity index (χ3n) is 12.4. The lowest BCUT2D eigenvalue weighted by Gasteiger charge is -2.26. The first-order chi connectivity index (χ1) is 28.8. The van der Waals surface area contributed by atoms with E-state index in [-0.39, 0.29) is 0 Å². The van der Waals surface area contributed by atoms with Gasteiger partial charge in [-0.25, -0.2) is 0 Å². The van der Waals surface area contributed by atoms with E-state index >= 15 is 0 Å². The lowest BCUT2D eigenvalue weighted by Crippen LogP contribution is -2.03. The summed E-state index contributed by atoms with van der Waals surface area (Å²) in [5.74, 6) is 0.